The first-order chi connectivity index (χ1) is 13.8. The molecule has 1 saturated carbocycles. The Balaban J connectivity index is 1.52. The van der Waals surface area contributed by atoms with Gasteiger partial charge in [-0.25, -0.2) is 9.97 Å². The maximum Gasteiger partial charge on any atom is 0.274 e. The lowest BCUT2D eigenvalue weighted by molar-refractivity contribution is 0.0786. The van der Waals surface area contributed by atoms with Gasteiger partial charge in [-0.3, -0.25) is 9.78 Å². The van der Waals surface area contributed by atoms with Crippen molar-refractivity contribution in [2.45, 2.75) is 44.6 Å². The molecule has 2 aliphatic rings. The number of rotatable bonds is 4. The topological polar surface area (TPSA) is 86.8 Å². The lowest BCUT2D eigenvalue weighted by atomic mass is 10.1. The molecule has 1 aliphatic heterocycles. The normalized spacial score (nSPS) is 17.5. The minimum atomic E-state index is -0.0319. The van der Waals surface area contributed by atoms with E-state index in [1.807, 2.05) is 23.2 Å². The number of hydrogen-bond acceptors (Lipinski definition) is 5. The van der Waals surface area contributed by atoms with E-state index in [0.29, 0.717) is 17.4 Å². The molecule has 0 spiro atoms. The predicted octanol–water partition coefficient (Wildman–Crippen LogP) is 3.61. The molecule has 4 heterocycles. The highest BCUT2D eigenvalue weighted by Crippen LogP contribution is 2.30. The molecular weight excluding hydrogens is 352 g/mol. The van der Waals surface area contributed by atoms with Crippen LogP contribution in [0, 0.1) is 0 Å². The molecule has 0 bridgehead atoms. The molecule has 3 aromatic heterocycles. The number of nitrogens with zero attached hydrogens (tertiary/aromatic N) is 4. The molecule has 0 unspecified atom stereocenters. The van der Waals surface area contributed by atoms with Gasteiger partial charge < -0.3 is 15.2 Å². The largest absolute Gasteiger partial charge is 0.367 e. The highest BCUT2D eigenvalue weighted by atomic mass is 16.2. The van der Waals surface area contributed by atoms with Crippen molar-refractivity contribution >= 4 is 22.8 Å². The second-order valence-electron chi connectivity index (χ2n) is 7.71. The summed E-state index contributed by atoms with van der Waals surface area (Å²) < 4.78 is 0. The molecule has 2 fully saturated rings. The van der Waals surface area contributed by atoms with Crippen molar-refractivity contribution in [1.82, 2.24) is 24.8 Å². The molecule has 2 N–H and O–H groups in total. The third-order valence-electron chi connectivity index (χ3n) is 5.76. The zero-order valence-corrected chi connectivity index (χ0v) is 15.8. The first-order valence-electron chi connectivity index (χ1n) is 10.1. The summed E-state index contributed by atoms with van der Waals surface area (Å²) in [5.74, 6) is 0.811. The Morgan fingerprint density at radius 3 is 2.75 bits per heavy atom. The van der Waals surface area contributed by atoms with Gasteiger partial charge in [-0.1, -0.05) is 12.8 Å². The van der Waals surface area contributed by atoms with E-state index in [4.69, 9.17) is 4.98 Å². The van der Waals surface area contributed by atoms with Gasteiger partial charge >= 0.3 is 0 Å². The SMILES string of the molecule is O=C(c1cncc(-c2cc(NC3CCCC3)nc3[nH]ccc23)n1)N1CCCC1. The van der Waals surface area contributed by atoms with Crippen molar-refractivity contribution in [2.75, 3.05) is 18.4 Å². The van der Waals surface area contributed by atoms with Gasteiger partial charge in [-0.05, 0) is 37.8 Å². The van der Waals surface area contributed by atoms with E-state index in [2.05, 4.69) is 20.3 Å². The van der Waals surface area contributed by atoms with Crippen molar-refractivity contribution < 1.29 is 4.79 Å². The van der Waals surface area contributed by atoms with Gasteiger partial charge in [0, 0.05) is 36.3 Å². The molecule has 144 valence electrons. The van der Waals surface area contributed by atoms with Crippen molar-refractivity contribution in [3.63, 3.8) is 0 Å². The Labute approximate surface area is 163 Å². The third-order valence-corrected chi connectivity index (χ3v) is 5.76. The summed E-state index contributed by atoms with van der Waals surface area (Å²) in [6, 6.07) is 4.50. The van der Waals surface area contributed by atoms with Crippen LogP contribution < -0.4 is 5.32 Å². The van der Waals surface area contributed by atoms with Crippen LogP contribution in [0.4, 0.5) is 5.82 Å². The third kappa shape index (κ3) is 3.21. The first kappa shape index (κ1) is 17.2. The molecule has 0 radical (unpaired) electrons. The monoisotopic (exact) mass is 376 g/mol. The smallest absolute Gasteiger partial charge is 0.274 e. The zero-order chi connectivity index (χ0) is 18.9. The van der Waals surface area contributed by atoms with Crippen LogP contribution in [0.25, 0.3) is 22.3 Å². The van der Waals surface area contributed by atoms with Crippen LogP contribution in [-0.4, -0.2) is 49.9 Å². The number of carbonyl (C=O) groups is 1. The molecular formula is C21H24N6O. The van der Waals surface area contributed by atoms with E-state index in [-0.39, 0.29) is 5.91 Å². The number of aromatic nitrogens is 4. The van der Waals surface area contributed by atoms with Gasteiger partial charge in [0.1, 0.15) is 17.2 Å². The Kier molecular flexibility index (Phi) is 4.43. The number of H-pyrrole nitrogens is 1. The quantitative estimate of drug-likeness (QED) is 0.726. The minimum absolute atomic E-state index is 0.0319. The number of carbonyl (C=O) groups excluding carboxylic acids is 1. The summed E-state index contributed by atoms with van der Waals surface area (Å²) in [5, 5.41) is 4.54. The predicted molar refractivity (Wildman–Crippen MR) is 108 cm³/mol. The molecule has 3 aromatic rings. The van der Waals surface area contributed by atoms with Gasteiger partial charge in [0.15, 0.2) is 0 Å². The summed E-state index contributed by atoms with van der Waals surface area (Å²) in [7, 11) is 0. The van der Waals surface area contributed by atoms with Crippen LogP contribution in [0.1, 0.15) is 49.0 Å². The average molecular weight is 376 g/mol. The fourth-order valence-electron chi connectivity index (χ4n) is 4.28. The number of fused-ring (bicyclic) bond motifs is 1. The molecule has 0 atom stereocenters. The minimum Gasteiger partial charge on any atom is -0.367 e. The second kappa shape index (κ2) is 7.22. The van der Waals surface area contributed by atoms with Gasteiger partial charge in [0.2, 0.25) is 0 Å². The highest BCUT2D eigenvalue weighted by molar-refractivity contribution is 5.96. The number of amides is 1. The Morgan fingerprint density at radius 1 is 1.11 bits per heavy atom. The van der Waals surface area contributed by atoms with E-state index in [9.17, 15) is 4.79 Å². The molecule has 5 rings (SSSR count). The van der Waals surface area contributed by atoms with E-state index >= 15 is 0 Å². The summed E-state index contributed by atoms with van der Waals surface area (Å²) >= 11 is 0. The van der Waals surface area contributed by atoms with Gasteiger partial charge in [0.05, 0.1) is 18.1 Å². The number of nitrogens with one attached hydrogen (secondary N) is 2. The van der Waals surface area contributed by atoms with Crippen molar-refractivity contribution in [3.05, 3.63) is 36.4 Å². The molecule has 7 nitrogen and oxygen atoms in total. The molecule has 1 saturated heterocycles. The maximum absolute atomic E-state index is 12.7. The van der Waals surface area contributed by atoms with Gasteiger partial charge in [0.25, 0.3) is 5.91 Å². The fourth-order valence-corrected chi connectivity index (χ4v) is 4.28. The van der Waals surface area contributed by atoms with Crippen LogP contribution in [0.15, 0.2) is 30.7 Å². The number of anilines is 1. The summed E-state index contributed by atoms with van der Waals surface area (Å²) in [6.45, 7) is 1.61. The van der Waals surface area contributed by atoms with Gasteiger partial charge in [-0.2, -0.15) is 0 Å². The number of hydrogen-bond donors (Lipinski definition) is 2. The number of pyridine rings is 1. The van der Waals surface area contributed by atoms with Crippen LogP contribution in [0.2, 0.25) is 0 Å². The van der Waals surface area contributed by atoms with Crippen LogP contribution in [0.3, 0.4) is 0 Å². The summed E-state index contributed by atoms with van der Waals surface area (Å²) in [4.78, 5) is 31.5. The van der Waals surface area contributed by atoms with Crippen molar-refractivity contribution in [3.8, 4) is 11.3 Å². The van der Waals surface area contributed by atoms with E-state index in [0.717, 1.165) is 48.3 Å². The first-order valence-corrected chi connectivity index (χ1v) is 10.1. The summed E-state index contributed by atoms with van der Waals surface area (Å²) in [5.41, 5.74) is 2.86. The van der Waals surface area contributed by atoms with Crippen LogP contribution in [0.5, 0.6) is 0 Å². The van der Waals surface area contributed by atoms with E-state index < -0.39 is 0 Å². The Bertz CT molecular complexity index is 1000. The Morgan fingerprint density at radius 2 is 1.93 bits per heavy atom. The molecule has 1 aliphatic carbocycles. The van der Waals surface area contributed by atoms with E-state index in [1.54, 1.807) is 12.4 Å². The lowest BCUT2D eigenvalue weighted by Gasteiger charge is -2.16. The summed E-state index contributed by atoms with van der Waals surface area (Å²) in [6.07, 6.45) is 12.2. The molecule has 7 heteroatoms. The van der Waals surface area contributed by atoms with Crippen molar-refractivity contribution in [1.29, 1.82) is 0 Å². The average Bonchev–Trinajstić information content (AvgIpc) is 3.49. The Hall–Kier alpha value is -2.96. The molecule has 28 heavy (non-hydrogen) atoms. The second-order valence-corrected chi connectivity index (χ2v) is 7.71. The lowest BCUT2D eigenvalue weighted by Crippen LogP contribution is -2.28. The fraction of sp³-hybridized carbons (Fsp3) is 0.429. The number of aromatic amines is 1. The molecule has 1 amide bonds. The standard InChI is InChI=1S/C21H24N6O/c28-21(27-9-3-4-10-27)18-13-22-12-17(25-18)16-11-19(24-14-5-1-2-6-14)26-20-15(16)7-8-23-20/h7-8,11-14H,1-6,9-10H2,(H2,23,24,26). The number of likely N-dealkylation sites (tertiary alicyclic amines) is 1. The van der Waals surface area contributed by atoms with Crippen molar-refractivity contribution in [2.24, 2.45) is 0 Å². The van der Waals surface area contributed by atoms with Crippen LogP contribution >= 0.6 is 0 Å². The maximum atomic E-state index is 12.7. The van der Waals surface area contributed by atoms with Crippen LogP contribution in [-0.2, 0) is 0 Å². The van der Waals surface area contributed by atoms with Gasteiger partial charge in [-0.15, -0.1) is 0 Å². The molecule has 0 aromatic carbocycles. The highest BCUT2D eigenvalue weighted by Gasteiger charge is 2.22. The van der Waals surface area contributed by atoms with E-state index in [1.165, 1.54) is 25.7 Å². The zero-order valence-electron chi connectivity index (χ0n) is 15.8.